The predicted molar refractivity (Wildman–Crippen MR) is 105 cm³/mol. The number of aryl methyl sites for hydroxylation is 2. The highest BCUT2D eigenvalue weighted by atomic mass is 127. The Morgan fingerprint density at radius 1 is 1.36 bits per heavy atom. The van der Waals surface area contributed by atoms with Crippen LogP contribution in [0.4, 0.5) is 0 Å². The number of nitrogens with one attached hydrogen (secondary N) is 2. The van der Waals surface area contributed by atoms with Gasteiger partial charge in [0.15, 0.2) is 5.96 Å². The molecule has 126 valence electrons. The molecule has 0 bridgehead atoms. The van der Waals surface area contributed by atoms with E-state index in [2.05, 4.69) is 46.3 Å². The van der Waals surface area contributed by atoms with Gasteiger partial charge in [-0.05, 0) is 33.2 Å². The van der Waals surface area contributed by atoms with Crippen LogP contribution in [0.15, 0.2) is 4.99 Å². The standard InChI is InChI=1S/C15H27N5S.HI/c1-5-20(13-6-7-13)9-8-17-15(16-4)18-10-14-19-11(2)12(3)21-14;/h13H,5-10H2,1-4H3,(H2,16,17,18);1H. The lowest BCUT2D eigenvalue weighted by molar-refractivity contribution is 0.282. The fourth-order valence-corrected chi connectivity index (χ4v) is 3.22. The van der Waals surface area contributed by atoms with Crippen molar-refractivity contribution >= 4 is 41.3 Å². The van der Waals surface area contributed by atoms with Crippen molar-refractivity contribution in [2.45, 2.75) is 46.2 Å². The van der Waals surface area contributed by atoms with Crippen molar-refractivity contribution < 1.29 is 0 Å². The van der Waals surface area contributed by atoms with Crippen LogP contribution in [0.25, 0.3) is 0 Å². The van der Waals surface area contributed by atoms with Crippen molar-refractivity contribution in [3.8, 4) is 0 Å². The number of guanidine groups is 1. The van der Waals surface area contributed by atoms with E-state index < -0.39 is 0 Å². The third-order valence-corrected chi connectivity index (χ3v) is 4.94. The van der Waals surface area contributed by atoms with E-state index in [9.17, 15) is 0 Å². The minimum Gasteiger partial charge on any atom is -0.355 e. The van der Waals surface area contributed by atoms with Crippen LogP contribution in [-0.4, -0.2) is 48.6 Å². The molecule has 1 saturated carbocycles. The van der Waals surface area contributed by atoms with Gasteiger partial charge in [0, 0.05) is 31.1 Å². The largest absolute Gasteiger partial charge is 0.355 e. The first-order valence-electron chi connectivity index (χ1n) is 7.75. The van der Waals surface area contributed by atoms with Crippen LogP contribution >= 0.6 is 35.3 Å². The fraction of sp³-hybridized carbons (Fsp3) is 0.733. The predicted octanol–water partition coefficient (Wildman–Crippen LogP) is 2.53. The van der Waals surface area contributed by atoms with Crippen LogP contribution in [0.2, 0.25) is 0 Å². The first kappa shape index (κ1) is 19.6. The van der Waals surface area contributed by atoms with Crippen LogP contribution in [0.1, 0.15) is 35.3 Å². The zero-order valence-electron chi connectivity index (χ0n) is 14.0. The van der Waals surface area contributed by atoms with Gasteiger partial charge >= 0.3 is 0 Å². The average molecular weight is 437 g/mol. The molecule has 5 nitrogen and oxygen atoms in total. The van der Waals surface area contributed by atoms with Gasteiger partial charge in [0.2, 0.25) is 0 Å². The molecule has 2 rings (SSSR count). The van der Waals surface area contributed by atoms with Crippen LogP contribution in [0.3, 0.4) is 0 Å². The summed E-state index contributed by atoms with van der Waals surface area (Å²) in [6, 6.07) is 0.827. The average Bonchev–Trinajstić information content (AvgIpc) is 3.25. The van der Waals surface area contributed by atoms with Crippen molar-refractivity contribution in [3.05, 3.63) is 15.6 Å². The molecule has 1 heterocycles. The van der Waals surface area contributed by atoms with Gasteiger partial charge < -0.3 is 10.6 Å². The topological polar surface area (TPSA) is 52.5 Å². The number of aromatic nitrogens is 1. The lowest BCUT2D eigenvalue weighted by Crippen LogP contribution is -2.41. The number of rotatable bonds is 7. The SMILES string of the molecule is CCN(CCNC(=NC)NCc1nc(C)c(C)s1)C1CC1.I. The van der Waals surface area contributed by atoms with Gasteiger partial charge in [-0.1, -0.05) is 6.92 Å². The zero-order valence-corrected chi connectivity index (χ0v) is 17.1. The van der Waals surface area contributed by atoms with Crippen LogP contribution < -0.4 is 10.6 Å². The molecule has 7 heteroatoms. The molecular formula is C15H28IN5S. The van der Waals surface area contributed by atoms with Gasteiger partial charge in [0.05, 0.1) is 12.2 Å². The van der Waals surface area contributed by atoms with E-state index in [1.165, 1.54) is 17.7 Å². The normalized spacial score (nSPS) is 14.9. The molecule has 2 N–H and O–H groups in total. The summed E-state index contributed by atoms with van der Waals surface area (Å²) < 4.78 is 0. The van der Waals surface area contributed by atoms with Crippen LogP contribution in [-0.2, 0) is 6.54 Å². The Hall–Kier alpha value is -0.410. The molecule has 0 saturated heterocycles. The highest BCUT2D eigenvalue weighted by Gasteiger charge is 2.27. The Kier molecular flexibility index (Phi) is 8.63. The molecule has 0 aromatic carbocycles. The van der Waals surface area contributed by atoms with E-state index in [1.807, 2.05) is 7.05 Å². The number of hydrogen-bond donors (Lipinski definition) is 2. The Balaban J connectivity index is 0.00000242. The van der Waals surface area contributed by atoms with Gasteiger partial charge in [0.1, 0.15) is 5.01 Å². The molecule has 0 radical (unpaired) electrons. The van der Waals surface area contributed by atoms with E-state index in [4.69, 9.17) is 0 Å². The van der Waals surface area contributed by atoms with Gasteiger partial charge in [-0.15, -0.1) is 35.3 Å². The molecule has 1 fully saturated rings. The summed E-state index contributed by atoms with van der Waals surface area (Å²) in [6.07, 6.45) is 2.73. The van der Waals surface area contributed by atoms with E-state index in [-0.39, 0.29) is 24.0 Å². The van der Waals surface area contributed by atoms with E-state index in [0.717, 1.165) is 48.9 Å². The molecule has 1 aromatic rings. The second kappa shape index (κ2) is 9.67. The number of nitrogens with zero attached hydrogens (tertiary/aromatic N) is 3. The molecule has 0 spiro atoms. The molecule has 0 aliphatic heterocycles. The Morgan fingerprint density at radius 2 is 2.09 bits per heavy atom. The smallest absolute Gasteiger partial charge is 0.191 e. The molecule has 1 aliphatic rings. The van der Waals surface area contributed by atoms with Crippen molar-refractivity contribution in [3.63, 3.8) is 0 Å². The Morgan fingerprint density at radius 3 is 2.59 bits per heavy atom. The van der Waals surface area contributed by atoms with Crippen molar-refractivity contribution in [2.75, 3.05) is 26.7 Å². The van der Waals surface area contributed by atoms with E-state index >= 15 is 0 Å². The number of aliphatic imine (C=N–C) groups is 1. The van der Waals surface area contributed by atoms with Crippen LogP contribution in [0, 0.1) is 13.8 Å². The molecule has 0 atom stereocenters. The first-order chi connectivity index (χ1) is 10.1. The summed E-state index contributed by atoms with van der Waals surface area (Å²) in [6.45, 7) is 10.3. The highest BCUT2D eigenvalue weighted by molar-refractivity contribution is 14.0. The minimum absolute atomic E-state index is 0. The maximum Gasteiger partial charge on any atom is 0.191 e. The van der Waals surface area contributed by atoms with Gasteiger partial charge in [0.25, 0.3) is 0 Å². The quantitative estimate of drug-likeness (QED) is 0.391. The van der Waals surface area contributed by atoms with Gasteiger partial charge in [-0.3, -0.25) is 9.89 Å². The third kappa shape index (κ3) is 6.00. The molecule has 0 amide bonds. The fourth-order valence-electron chi connectivity index (χ4n) is 2.35. The first-order valence-corrected chi connectivity index (χ1v) is 8.57. The van der Waals surface area contributed by atoms with E-state index in [0.29, 0.717) is 0 Å². The van der Waals surface area contributed by atoms with Crippen molar-refractivity contribution in [1.82, 2.24) is 20.5 Å². The third-order valence-electron chi connectivity index (χ3n) is 3.86. The maximum atomic E-state index is 4.53. The molecule has 0 unspecified atom stereocenters. The number of hydrogen-bond acceptors (Lipinski definition) is 4. The summed E-state index contributed by atoms with van der Waals surface area (Å²) in [7, 11) is 1.81. The summed E-state index contributed by atoms with van der Waals surface area (Å²) in [4.78, 5) is 12.6. The molecular weight excluding hydrogens is 409 g/mol. The lowest BCUT2D eigenvalue weighted by atomic mass is 10.4. The summed E-state index contributed by atoms with van der Waals surface area (Å²) in [5.41, 5.74) is 1.13. The highest BCUT2D eigenvalue weighted by Crippen LogP contribution is 2.25. The number of likely N-dealkylation sites (N-methyl/N-ethyl adjacent to an activating group) is 1. The Labute approximate surface area is 155 Å². The van der Waals surface area contributed by atoms with Gasteiger partial charge in [-0.2, -0.15) is 0 Å². The summed E-state index contributed by atoms with van der Waals surface area (Å²) >= 11 is 1.75. The van der Waals surface area contributed by atoms with Crippen molar-refractivity contribution in [2.24, 2.45) is 4.99 Å². The lowest BCUT2D eigenvalue weighted by Gasteiger charge is -2.20. The second-order valence-electron chi connectivity index (χ2n) is 5.46. The zero-order chi connectivity index (χ0) is 15.2. The Bertz CT molecular complexity index is 465. The number of thiazole rings is 1. The van der Waals surface area contributed by atoms with E-state index in [1.54, 1.807) is 11.3 Å². The monoisotopic (exact) mass is 437 g/mol. The molecule has 22 heavy (non-hydrogen) atoms. The van der Waals surface area contributed by atoms with Crippen molar-refractivity contribution in [1.29, 1.82) is 0 Å². The second-order valence-corrected chi connectivity index (χ2v) is 6.75. The molecule has 1 aromatic heterocycles. The van der Waals surface area contributed by atoms with Gasteiger partial charge in [-0.25, -0.2) is 4.98 Å². The summed E-state index contributed by atoms with van der Waals surface area (Å²) in [5, 5.41) is 7.83. The number of halogens is 1. The molecule has 1 aliphatic carbocycles. The maximum absolute atomic E-state index is 4.53. The summed E-state index contributed by atoms with van der Waals surface area (Å²) in [5.74, 6) is 0.854. The van der Waals surface area contributed by atoms with Crippen LogP contribution in [0.5, 0.6) is 0 Å². The minimum atomic E-state index is 0.